The van der Waals surface area contributed by atoms with Gasteiger partial charge in [0.05, 0.1) is 4.83 Å². The van der Waals surface area contributed by atoms with Crippen molar-refractivity contribution < 1.29 is 4.79 Å². The van der Waals surface area contributed by atoms with Gasteiger partial charge in [0.25, 0.3) is 5.56 Å². The summed E-state index contributed by atoms with van der Waals surface area (Å²) in [4.78, 5) is 26.7. The monoisotopic (exact) mass is 335 g/mol. The molecule has 0 saturated carbocycles. The third kappa shape index (κ3) is 3.18. The van der Waals surface area contributed by atoms with Crippen LogP contribution in [0.3, 0.4) is 0 Å². The van der Waals surface area contributed by atoms with Crippen molar-refractivity contribution in [2.24, 2.45) is 5.41 Å². The summed E-state index contributed by atoms with van der Waals surface area (Å²) in [7, 11) is 0. The Kier molecular flexibility index (Phi) is 4.14. The SMILES string of the molecule is CC(C)(C)C(=O)C(Br)Cc1cc2ccccc2[nH]c1=O. The van der Waals surface area contributed by atoms with Crippen molar-refractivity contribution in [3.8, 4) is 0 Å². The van der Waals surface area contributed by atoms with Crippen molar-refractivity contribution in [3.05, 3.63) is 46.2 Å². The van der Waals surface area contributed by atoms with Gasteiger partial charge in [-0.15, -0.1) is 0 Å². The maximum atomic E-state index is 12.2. The Morgan fingerprint density at radius 2 is 1.95 bits per heavy atom. The van der Waals surface area contributed by atoms with Crippen LogP contribution in [0, 0.1) is 5.41 Å². The molecule has 0 aliphatic rings. The van der Waals surface area contributed by atoms with Crippen LogP contribution in [-0.4, -0.2) is 15.6 Å². The predicted octanol–water partition coefficient (Wildman–Crippen LogP) is 3.45. The molecule has 1 aromatic heterocycles. The Bertz CT molecular complexity index is 697. The van der Waals surface area contributed by atoms with Gasteiger partial charge in [0.2, 0.25) is 0 Å². The largest absolute Gasteiger partial charge is 0.322 e. The summed E-state index contributed by atoms with van der Waals surface area (Å²) in [6.07, 6.45) is 0.399. The molecule has 1 aromatic carbocycles. The molecule has 3 nitrogen and oxygen atoms in total. The van der Waals surface area contributed by atoms with Gasteiger partial charge in [0.15, 0.2) is 5.78 Å². The fraction of sp³-hybridized carbons (Fsp3) is 0.375. The highest BCUT2D eigenvalue weighted by atomic mass is 79.9. The van der Waals surface area contributed by atoms with E-state index >= 15 is 0 Å². The van der Waals surface area contributed by atoms with Gasteiger partial charge in [-0.2, -0.15) is 0 Å². The number of ketones is 1. The average molecular weight is 336 g/mol. The van der Waals surface area contributed by atoms with Crippen molar-refractivity contribution in [2.45, 2.75) is 32.0 Å². The zero-order valence-electron chi connectivity index (χ0n) is 11.9. The second kappa shape index (κ2) is 5.52. The van der Waals surface area contributed by atoms with Crippen molar-refractivity contribution in [3.63, 3.8) is 0 Å². The molecule has 1 N–H and O–H groups in total. The summed E-state index contributed by atoms with van der Waals surface area (Å²) < 4.78 is 0. The number of carbonyl (C=O) groups is 1. The van der Waals surface area contributed by atoms with Gasteiger partial charge in [-0.05, 0) is 23.9 Å². The quantitative estimate of drug-likeness (QED) is 0.873. The van der Waals surface area contributed by atoms with E-state index in [2.05, 4.69) is 20.9 Å². The maximum Gasteiger partial charge on any atom is 0.251 e. The van der Waals surface area contributed by atoms with E-state index in [0.29, 0.717) is 12.0 Å². The zero-order chi connectivity index (χ0) is 14.9. The Morgan fingerprint density at radius 3 is 2.60 bits per heavy atom. The standard InChI is InChI=1S/C16H18BrNO2/c1-16(2,3)14(19)12(17)9-11-8-10-6-4-5-7-13(10)18-15(11)20/h4-8,12H,9H2,1-3H3,(H,18,20). The smallest absolute Gasteiger partial charge is 0.251 e. The van der Waals surface area contributed by atoms with Gasteiger partial charge in [-0.1, -0.05) is 54.9 Å². The van der Waals surface area contributed by atoms with Crippen molar-refractivity contribution in [1.29, 1.82) is 0 Å². The Hall–Kier alpha value is -1.42. The van der Waals surface area contributed by atoms with Crippen LogP contribution in [0.15, 0.2) is 35.1 Å². The summed E-state index contributed by atoms with van der Waals surface area (Å²) >= 11 is 3.41. The molecule has 2 aromatic rings. The lowest BCUT2D eigenvalue weighted by Crippen LogP contribution is -2.31. The highest BCUT2D eigenvalue weighted by molar-refractivity contribution is 9.10. The number of pyridine rings is 1. The van der Waals surface area contributed by atoms with E-state index in [9.17, 15) is 9.59 Å². The first-order valence-electron chi connectivity index (χ1n) is 6.58. The third-order valence-corrected chi connectivity index (χ3v) is 3.99. The van der Waals surface area contributed by atoms with Crippen molar-refractivity contribution >= 4 is 32.6 Å². The number of hydrogen-bond donors (Lipinski definition) is 1. The van der Waals surface area contributed by atoms with Gasteiger partial charge in [0.1, 0.15) is 0 Å². The molecule has 0 amide bonds. The predicted molar refractivity (Wildman–Crippen MR) is 85.4 cm³/mol. The summed E-state index contributed by atoms with van der Waals surface area (Å²) in [5, 5.41) is 0.977. The van der Waals surface area contributed by atoms with Crippen LogP contribution in [0.5, 0.6) is 0 Å². The average Bonchev–Trinajstić information content (AvgIpc) is 2.37. The number of nitrogens with one attached hydrogen (secondary N) is 1. The summed E-state index contributed by atoms with van der Waals surface area (Å²) in [6.45, 7) is 5.65. The normalized spacial score (nSPS) is 13.4. The van der Waals surface area contributed by atoms with Crippen LogP contribution >= 0.6 is 15.9 Å². The molecule has 0 aliphatic carbocycles. The molecule has 4 heteroatoms. The lowest BCUT2D eigenvalue weighted by atomic mass is 9.87. The molecule has 0 saturated heterocycles. The Labute approximate surface area is 126 Å². The second-order valence-electron chi connectivity index (χ2n) is 6.00. The first kappa shape index (κ1) is 15.0. The third-order valence-electron chi connectivity index (χ3n) is 3.25. The number of rotatable bonds is 3. The molecule has 20 heavy (non-hydrogen) atoms. The second-order valence-corrected chi connectivity index (χ2v) is 7.10. The van der Waals surface area contributed by atoms with Crippen LogP contribution < -0.4 is 5.56 Å². The minimum Gasteiger partial charge on any atom is -0.322 e. The number of carbonyl (C=O) groups excluding carboxylic acids is 1. The van der Waals surface area contributed by atoms with E-state index < -0.39 is 5.41 Å². The molecule has 0 radical (unpaired) electrons. The number of halogens is 1. The molecule has 0 bridgehead atoms. The molecular formula is C16H18BrNO2. The van der Waals surface area contributed by atoms with E-state index in [4.69, 9.17) is 0 Å². The highest BCUT2D eigenvalue weighted by Gasteiger charge is 2.28. The van der Waals surface area contributed by atoms with Crippen molar-refractivity contribution in [1.82, 2.24) is 4.98 Å². The van der Waals surface area contributed by atoms with Crippen molar-refractivity contribution in [2.75, 3.05) is 0 Å². The Morgan fingerprint density at radius 1 is 1.30 bits per heavy atom. The molecule has 0 aliphatic heterocycles. The number of alkyl halides is 1. The topological polar surface area (TPSA) is 49.9 Å². The van der Waals surface area contributed by atoms with E-state index in [1.807, 2.05) is 51.1 Å². The van der Waals surface area contributed by atoms with Gasteiger partial charge in [-0.3, -0.25) is 9.59 Å². The molecule has 106 valence electrons. The van der Waals surface area contributed by atoms with Crippen LogP contribution in [0.1, 0.15) is 26.3 Å². The van der Waals surface area contributed by atoms with E-state index in [0.717, 1.165) is 10.9 Å². The fourth-order valence-corrected chi connectivity index (χ4v) is 3.14. The first-order chi connectivity index (χ1) is 9.29. The van der Waals surface area contributed by atoms with E-state index in [1.54, 1.807) is 0 Å². The van der Waals surface area contributed by atoms with Gasteiger partial charge in [-0.25, -0.2) is 0 Å². The van der Waals surface area contributed by atoms with Gasteiger partial charge in [0, 0.05) is 16.5 Å². The molecule has 0 fully saturated rings. The lowest BCUT2D eigenvalue weighted by Gasteiger charge is -2.20. The summed E-state index contributed by atoms with van der Waals surface area (Å²) in [5.41, 5.74) is 0.894. The van der Waals surface area contributed by atoms with E-state index in [1.165, 1.54) is 0 Å². The van der Waals surface area contributed by atoms with Crippen LogP contribution in [-0.2, 0) is 11.2 Å². The maximum absolute atomic E-state index is 12.2. The number of hydrogen-bond acceptors (Lipinski definition) is 2. The molecule has 1 unspecified atom stereocenters. The number of fused-ring (bicyclic) bond motifs is 1. The molecule has 1 atom stereocenters. The minimum atomic E-state index is -0.419. The van der Waals surface area contributed by atoms with Crippen LogP contribution in [0.4, 0.5) is 0 Å². The number of benzene rings is 1. The number of para-hydroxylation sites is 1. The number of H-pyrrole nitrogens is 1. The zero-order valence-corrected chi connectivity index (χ0v) is 13.5. The van der Waals surface area contributed by atoms with Crippen LogP contribution in [0.25, 0.3) is 10.9 Å². The first-order valence-corrected chi connectivity index (χ1v) is 7.50. The lowest BCUT2D eigenvalue weighted by molar-refractivity contribution is -0.125. The number of aromatic amines is 1. The summed E-state index contributed by atoms with van der Waals surface area (Å²) in [5.74, 6) is 0.102. The molecular weight excluding hydrogens is 318 g/mol. The Balaban J connectivity index is 2.32. The molecule has 2 rings (SSSR count). The van der Waals surface area contributed by atoms with E-state index in [-0.39, 0.29) is 16.2 Å². The fourth-order valence-electron chi connectivity index (χ4n) is 2.10. The summed E-state index contributed by atoms with van der Waals surface area (Å²) in [6, 6.07) is 9.49. The number of Topliss-reactive ketones (excluding diaryl/α,β-unsaturated/α-hetero) is 1. The van der Waals surface area contributed by atoms with Crippen LogP contribution in [0.2, 0.25) is 0 Å². The molecule has 0 spiro atoms. The van der Waals surface area contributed by atoms with Gasteiger partial charge < -0.3 is 4.98 Å². The minimum absolute atomic E-state index is 0.102. The highest BCUT2D eigenvalue weighted by Crippen LogP contribution is 2.23. The van der Waals surface area contributed by atoms with Gasteiger partial charge >= 0.3 is 0 Å². The molecule has 1 heterocycles. The number of aromatic nitrogens is 1.